The largest absolute Gasteiger partial charge is 0.495 e. The predicted octanol–water partition coefficient (Wildman–Crippen LogP) is 1.57. The fourth-order valence-corrected chi connectivity index (χ4v) is 4.36. The van der Waals surface area contributed by atoms with E-state index < -0.39 is 28.4 Å². The molecule has 0 fully saturated rings. The van der Waals surface area contributed by atoms with Crippen LogP contribution in [-0.4, -0.2) is 46.1 Å². The van der Waals surface area contributed by atoms with Crippen LogP contribution in [0.4, 0.5) is 11.4 Å². The van der Waals surface area contributed by atoms with Crippen molar-refractivity contribution in [2.45, 2.75) is 4.90 Å². The zero-order valence-corrected chi connectivity index (χ0v) is 14.9. The normalized spacial score (nSPS) is 14.2. The number of para-hydroxylation sites is 2. The van der Waals surface area contributed by atoms with Crippen molar-refractivity contribution in [1.82, 2.24) is 0 Å². The highest BCUT2D eigenvalue weighted by atomic mass is 32.2. The number of carbonyl (C=O) groups is 2. The molecule has 0 saturated carbocycles. The highest BCUT2D eigenvalue weighted by molar-refractivity contribution is 7.93. The van der Waals surface area contributed by atoms with Gasteiger partial charge in [-0.1, -0.05) is 12.1 Å². The van der Waals surface area contributed by atoms with Crippen LogP contribution in [0.1, 0.15) is 10.4 Å². The van der Waals surface area contributed by atoms with E-state index in [0.717, 1.165) is 10.4 Å². The number of carboxylic acid groups (broad SMARTS) is 1. The Balaban J connectivity index is 2.21. The molecule has 0 radical (unpaired) electrons. The van der Waals surface area contributed by atoms with E-state index in [2.05, 4.69) is 0 Å². The smallest absolute Gasteiger partial charge is 0.335 e. The van der Waals surface area contributed by atoms with Crippen LogP contribution in [-0.2, 0) is 14.8 Å². The molecule has 0 spiro atoms. The topological polar surface area (TPSA) is 104 Å². The number of nitrogens with zero attached hydrogens (tertiary/aromatic N) is 2. The number of rotatable bonds is 4. The Hall–Kier alpha value is -3.07. The van der Waals surface area contributed by atoms with E-state index in [1.54, 1.807) is 31.3 Å². The molecule has 26 heavy (non-hydrogen) atoms. The molecule has 1 amide bonds. The molecule has 1 heterocycles. The maximum absolute atomic E-state index is 13.2. The standard InChI is InChI=1S/C17H16N2O6S/c1-18-12-5-3-4-6-13(12)19(10-16(18)20)26(23,24)15-9-11(17(21)22)7-8-14(15)25-2/h3-9H,10H2,1-2H3,(H,21,22). The summed E-state index contributed by atoms with van der Waals surface area (Å²) in [6.45, 7) is -0.393. The molecule has 0 bridgehead atoms. The van der Waals surface area contributed by atoms with E-state index in [4.69, 9.17) is 4.74 Å². The number of sulfonamides is 1. The van der Waals surface area contributed by atoms with Gasteiger partial charge in [0.2, 0.25) is 5.91 Å². The number of likely N-dealkylation sites (N-methyl/N-ethyl adjacent to an activating group) is 1. The van der Waals surface area contributed by atoms with Gasteiger partial charge in [0.05, 0.1) is 24.0 Å². The van der Waals surface area contributed by atoms with Gasteiger partial charge in [-0.25, -0.2) is 13.2 Å². The predicted molar refractivity (Wildman–Crippen MR) is 94.3 cm³/mol. The van der Waals surface area contributed by atoms with Crippen LogP contribution in [0.5, 0.6) is 5.75 Å². The van der Waals surface area contributed by atoms with Crippen LogP contribution >= 0.6 is 0 Å². The van der Waals surface area contributed by atoms with Crippen LogP contribution in [0.3, 0.4) is 0 Å². The first kappa shape index (κ1) is 17.7. The number of aromatic carboxylic acids is 1. The molecule has 0 atom stereocenters. The minimum atomic E-state index is -4.23. The second-order valence-corrected chi connectivity index (χ2v) is 7.45. The van der Waals surface area contributed by atoms with Crippen molar-refractivity contribution in [2.24, 2.45) is 0 Å². The fourth-order valence-electron chi connectivity index (χ4n) is 2.75. The van der Waals surface area contributed by atoms with Crippen molar-refractivity contribution >= 4 is 33.3 Å². The van der Waals surface area contributed by atoms with Gasteiger partial charge in [0, 0.05) is 7.05 Å². The molecule has 0 unspecified atom stereocenters. The molecular weight excluding hydrogens is 360 g/mol. The molecular formula is C17H16N2O6S. The van der Waals surface area contributed by atoms with E-state index in [1.807, 2.05) is 0 Å². The summed E-state index contributed by atoms with van der Waals surface area (Å²) in [5, 5.41) is 9.17. The molecule has 8 nitrogen and oxygen atoms in total. The average molecular weight is 376 g/mol. The minimum Gasteiger partial charge on any atom is -0.495 e. The third-order valence-corrected chi connectivity index (χ3v) is 5.92. The van der Waals surface area contributed by atoms with Gasteiger partial charge in [0.1, 0.15) is 17.2 Å². The van der Waals surface area contributed by atoms with Gasteiger partial charge in [-0.15, -0.1) is 0 Å². The number of fused-ring (bicyclic) bond motifs is 1. The summed E-state index contributed by atoms with van der Waals surface area (Å²) < 4.78 is 32.5. The monoisotopic (exact) mass is 376 g/mol. The number of ether oxygens (including phenoxy) is 1. The van der Waals surface area contributed by atoms with Crippen molar-refractivity contribution < 1.29 is 27.9 Å². The number of hydrogen-bond acceptors (Lipinski definition) is 5. The highest BCUT2D eigenvalue weighted by Gasteiger charge is 2.36. The van der Waals surface area contributed by atoms with Gasteiger partial charge in [0.25, 0.3) is 10.0 Å². The summed E-state index contributed by atoms with van der Waals surface area (Å²) in [6, 6.07) is 10.1. The van der Waals surface area contributed by atoms with Crippen molar-refractivity contribution in [1.29, 1.82) is 0 Å². The maximum Gasteiger partial charge on any atom is 0.335 e. The number of anilines is 2. The zero-order valence-electron chi connectivity index (χ0n) is 14.0. The van der Waals surface area contributed by atoms with Gasteiger partial charge < -0.3 is 14.7 Å². The quantitative estimate of drug-likeness (QED) is 0.868. The molecule has 2 aromatic rings. The molecule has 9 heteroatoms. The van der Waals surface area contributed by atoms with Crippen molar-refractivity contribution in [3.63, 3.8) is 0 Å². The Morgan fingerprint density at radius 1 is 1.15 bits per heavy atom. The second kappa shape index (κ2) is 6.34. The fraction of sp³-hybridized carbons (Fsp3) is 0.176. The minimum absolute atomic E-state index is 0.00106. The summed E-state index contributed by atoms with van der Waals surface area (Å²) in [5.74, 6) is -1.67. The lowest BCUT2D eigenvalue weighted by atomic mass is 10.2. The lowest BCUT2D eigenvalue weighted by Crippen LogP contribution is -2.46. The van der Waals surface area contributed by atoms with E-state index >= 15 is 0 Å². The van der Waals surface area contributed by atoms with E-state index in [-0.39, 0.29) is 16.2 Å². The molecule has 0 aliphatic carbocycles. The number of hydrogen-bond donors (Lipinski definition) is 1. The van der Waals surface area contributed by atoms with E-state index in [1.165, 1.54) is 24.1 Å². The summed E-state index contributed by atoms with van der Waals surface area (Å²) in [5.41, 5.74) is 0.580. The zero-order chi connectivity index (χ0) is 19.1. The molecule has 1 N–H and O–H groups in total. The molecule has 0 saturated heterocycles. The second-order valence-electron chi connectivity index (χ2n) is 5.62. The molecule has 3 rings (SSSR count). The van der Waals surface area contributed by atoms with Gasteiger partial charge in [-0.2, -0.15) is 0 Å². The first-order valence-electron chi connectivity index (χ1n) is 7.57. The molecule has 136 valence electrons. The van der Waals surface area contributed by atoms with E-state index in [0.29, 0.717) is 11.4 Å². The third kappa shape index (κ3) is 2.76. The number of carboxylic acids is 1. The highest BCUT2D eigenvalue weighted by Crippen LogP contribution is 2.38. The summed E-state index contributed by atoms with van der Waals surface area (Å²) in [4.78, 5) is 24.6. The summed E-state index contributed by atoms with van der Waals surface area (Å²) in [6.07, 6.45) is 0. The SMILES string of the molecule is COc1ccc(C(=O)O)cc1S(=O)(=O)N1CC(=O)N(C)c2ccccc21. The Morgan fingerprint density at radius 2 is 1.81 bits per heavy atom. The Labute approximate surface area is 150 Å². The first-order valence-corrected chi connectivity index (χ1v) is 9.01. The van der Waals surface area contributed by atoms with Gasteiger partial charge in [0.15, 0.2) is 0 Å². The summed E-state index contributed by atoms with van der Waals surface area (Å²) in [7, 11) is -1.38. The van der Waals surface area contributed by atoms with E-state index in [9.17, 15) is 23.1 Å². The van der Waals surface area contributed by atoms with Crippen molar-refractivity contribution in [3.8, 4) is 5.75 Å². The third-order valence-electron chi connectivity index (χ3n) is 4.14. The van der Waals surface area contributed by atoms with Crippen molar-refractivity contribution in [3.05, 3.63) is 48.0 Å². The van der Waals surface area contributed by atoms with Crippen LogP contribution in [0.2, 0.25) is 0 Å². The van der Waals surface area contributed by atoms with Gasteiger partial charge >= 0.3 is 5.97 Å². The number of benzene rings is 2. The Kier molecular flexibility index (Phi) is 4.33. The Morgan fingerprint density at radius 3 is 2.42 bits per heavy atom. The van der Waals surface area contributed by atoms with Gasteiger partial charge in [-0.05, 0) is 30.3 Å². The van der Waals surface area contributed by atoms with Gasteiger partial charge in [-0.3, -0.25) is 9.10 Å². The first-order chi connectivity index (χ1) is 12.3. The molecule has 2 aromatic carbocycles. The number of amides is 1. The Bertz CT molecular complexity index is 1000. The maximum atomic E-state index is 13.2. The van der Waals surface area contributed by atoms with Crippen LogP contribution in [0.15, 0.2) is 47.4 Å². The molecule has 1 aliphatic heterocycles. The number of carbonyl (C=O) groups excluding carboxylic acids is 1. The van der Waals surface area contributed by atoms with Crippen molar-refractivity contribution in [2.75, 3.05) is 29.9 Å². The van der Waals surface area contributed by atoms with Crippen LogP contribution < -0.4 is 13.9 Å². The molecule has 0 aromatic heterocycles. The van der Waals surface area contributed by atoms with Crippen LogP contribution in [0.25, 0.3) is 0 Å². The lowest BCUT2D eigenvalue weighted by Gasteiger charge is -2.34. The molecule has 1 aliphatic rings. The lowest BCUT2D eigenvalue weighted by molar-refractivity contribution is -0.117. The number of methoxy groups -OCH3 is 1. The average Bonchev–Trinajstić information content (AvgIpc) is 2.63. The van der Waals surface area contributed by atoms with Crippen LogP contribution in [0, 0.1) is 0 Å². The summed E-state index contributed by atoms with van der Waals surface area (Å²) >= 11 is 0.